The van der Waals surface area contributed by atoms with E-state index in [0.717, 1.165) is 22.9 Å². The Morgan fingerprint density at radius 2 is 1.71 bits per heavy atom. The van der Waals surface area contributed by atoms with E-state index in [1.807, 2.05) is 23.6 Å². The summed E-state index contributed by atoms with van der Waals surface area (Å²) in [6.45, 7) is 4.00. The number of aliphatic carboxylic acids is 1. The largest absolute Gasteiger partial charge is 0.477 e. The van der Waals surface area contributed by atoms with Crippen molar-refractivity contribution in [1.82, 2.24) is 14.8 Å². The number of Topliss-reactive ketones (excluding diaryl/α,β-unsaturated/α-hetero) is 1. The maximum absolute atomic E-state index is 12.0. The van der Waals surface area contributed by atoms with Crippen LogP contribution in [0.1, 0.15) is 30.0 Å². The molecule has 0 bridgehead atoms. The Hall–Kier alpha value is -3.62. The van der Waals surface area contributed by atoms with Gasteiger partial charge in [0.15, 0.2) is 16.8 Å². The quantitative estimate of drug-likeness (QED) is 0.175. The van der Waals surface area contributed by atoms with Crippen molar-refractivity contribution < 1.29 is 19.1 Å². The van der Waals surface area contributed by atoms with Gasteiger partial charge in [-0.05, 0) is 62.0 Å². The molecule has 1 N–H and O–H groups in total. The van der Waals surface area contributed by atoms with Gasteiger partial charge in [0.25, 0.3) is 0 Å². The fourth-order valence-electron chi connectivity index (χ4n) is 3.28. The first-order valence-corrected chi connectivity index (χ1v) is 11.6. The van der Waals surface area contributed by atoms with Gasteiger partial charge in [-0.25, -0.2) is 4.79 Å². The number of rotatable bonds is 8. The summed E-state index contributed by atoms with van der Waals surface area (Å²) < 4.78 is 7.68. The number of benzene rings is 2. The fourth-order valence-corrected chi connectivity index (χ4v) is 4.27. The summed E-state index contributed by atoms with van der Waals surface area (Å²) in [5, 5.41) is 19.3. The lowest BCUT2D eigenvalue weighted by atomic mass is 10.1. The number of hydrogen-bond donors (Lipinski definition) is 1. The molecule has 34 heavy (non-hydrogen) atoms. The second-order valence-corrected chi connectivity index (χ2v) is 8.75. The van der Waals surface area contributed by atoms with E-state index < -0.39 is 5.97 Å². The Labute approximate surface area is 205 Å². The third-order valence-electron chi connectivity index (χ3n) is 5.02. The molecular weight excluding hydrogens is 474 g/mol. The highest BCUT2D eigenvalue weighted by molar-refractivity contribution is 8.04. The highest BCUT2D eigenvalue weighted by Gasteiger charge is 2.19. The van der Waals surface area contributed by atoms with Crippen molar-refractivity contribution in [3.63, 3.8) is 0 Å². The summed E-state index contributed by atoms with van der Waals surface area (Å²) in [6, 6.07) is 17.7. The van der Waals surface area contributed by atoms with Crippen LogP contribution in [0.5, 0.6) is 0 Å². The molecule has 0 spiro atoms. The number of carboxylic acid groups (broad SMARTS) is 1. The first-order chi connectivity index (χ1) is 16.4. The van der Waals surface area contributed by atoms with E-state index in [1.54, 1.807) is 48.5 Å². The van der Waals surface area contributed by atoms with Gasteiger partial charge in [-0.2, -0.15) is 0 Å². The lowest BCUT2D eigenvalue weighted by Crippen LogP contribution is -2.02. The van der Waals surface area contributed by atoms with Gasteiger partial charge in [0.2, 0.25) is 0 Å². The van der Waals surface area contributed by atoms with Crippen LogP contribution in [0.15, 0.2) is 75.1 Å². The number of nitrogens with zero attached hydrogens (tertiary/aromatic N) is 3. The lowest BCUT2D eigenvalue weighted by Gasteiger charge is -2.07. The summed E-state index contributed by atoms with van der Waals surface area (Å²) in [4.78, 5) is 23.5. The van der Waals surface area contributed by atoms with Crippen LogP contribution in [0, 0.1) is 0 Å². The molecule has 7 nitrogen and oxygen atoms in total. The molecular formula is C25H20ClN3O4S. The normalized spacial score (nSPS) is 11.6. The molecule has 0 fully saturated rings. The molecule has 0 unspecified atom stereocenters. The second kappa shape index (κ2) is 10.1. The Morgan fingerprint density at radius 1 is 1.03 bits per heavy atom. The third kappa shape index (κ3) is 5.13. The molecule has 2 heterocycles. The minimum absolute atomic E-state index is 0.0168. The van der Waals surface area contributed by atoms with Crippen LogP contribution in [0.4, 0.5) is 0 Å². The average molecular weight is 494 g/mol. The van der Waals surface area contributed by atoms with Crippen molar-refractivity contribution in [2.45, 2.75) is 25.5 Å². The van der Waals surface area contributed by atoms with E-state index >= 15 is 0 Å². The molecule has 0 saturated carbocycles. The zero-order valence-electron chi connectivity index (χ0n) is 18.4. The van der Waals surface area contributed by atoms with E-state index in [2.05, 4.69) is 10.2 Å². The summed E-state index contributed by atoms with van der Waals surface area (Å²) in [5.41, 5.74) is 2.23. The van der Waals surface area contributed by atoms with Crippen LogP contribution >= 0.6 is 23.4 Å². The van der Waals surface area contributed by atoms with Gasteiger partial charge in [0.05, 0.1) is 0 Å². The van der Waals surface area contributed by atoms with Gasteiger partial charge in [0, 0.05) is 34.3 Å². The molecule has 4 rings (SSSR count). The smallest absolute Gasteiger partial charge is 0.342 e. The number of halogens is 1. The number of ketones is 1. The zero-order chi connectivity index (χ0) is 24.2. The molecule has 2 aromatic heterocycles. The van der Waals surface area contributed by atoms with Crippen LogP contribution in [0.3, 0.4) is 0 Å². The molecule has 0 atom stereocenters. The molecule has 0 radical (unpaired) electrons. The van der Waals surface area contributed by atoms with Gasteiger partial charge in [-0.1, -0.05) is 35.9 Å². The first kappa shape index (κ1) is 23.5. The van der Waals surface area contributed by atoms with Crippen LogP contribution < -0.4 is 0 Å². The van der Waals surface area contributed by atoms with Crippen LogP contribution in [0.2, 0.25) is 5.02 Å². The van der Waals surface area contributed by atoms with E-state index in [9.17, 15) is 14.7 Å². The van der Waals surface area contributed by atoms with Crippen molar-refractivity contribution in [2.24, 2.45) is 0 Å². The summed E-state index contributed by atoms with van der Waals surface area (Å²) in [6.07, 6.45) is 1.46. The van der Waals surface area contributed by atoms with Crippen molar-refractivity contribution in [3.8, 4) is 22.7 Å². The van der Waals surface area contributed by atoms with Gasteiger partial charge in [0.1, 0.15) is 16.4 Å². The molecule has 0 aliphatic carbocycles. The van der Waals surface area contributed by atoms with Crippen molar-refractivity contribution in [1.29, 1.82) is 0 Å². The number of carbonyl (C=O) groups is 2. The van der Waals surface area contributed by atoms with Gasteiger partial charge in [-0.15, -0.1) is 10.2 Å². The van der Waals surface area contributed by atoms with Crippen molar-refractivity contribution >= 4 is 41.2 Å². The molecule has 0 aliphatic heterocycles. The van der Waals surface area contributed by atoms with E-state index in [0.29, 0.717) is 39.6 Å². The van der Waals surface area contributed by atoms with Crippen molar-refractivity contribution in [3.05, 3.63) is 81.9 Å². The number of furan rings is 1. The summed E-state index contributed by atoms with van der Waals surface area (Å²) >= 11 is 6.98. The molecule has 0 saturated heterocycles. The predicted octanol–water partition coefficient (Wildman–Crippen LogP) is 6.30. The molecule has 9 heteroatoms. The molecule has 4 aromatic rings. The average Bonchev–Trinajstić information content (AvgIpc) is 3.46. The maximum Gasteiger partial charge on any atom is 0.342 e. The standard InChI is InChI=1S/C25H20ClN3O4S/c1-3-29-23(18-8-10-19(26)11-9-18)27-28-25(29)34-22(24(31)32)14-20-12-13-21(33-20)17-6-4-16(5-7-17)15(2)30/h4-14H,3H2,1-2H3,(H,31,32)/b22-14-. The zero-order valence-corrected chi connectivity index (χ0v) is 19.9. The Morgan fingerprint density at radius 3 is 2.32 bits per heavy atom. The number of aromatic nitrogens is 3. The van der Waals surface area contributed by atoms with E-state index in [4.69, 9.17) is 16.0 Å². The number of carboxylic acids is 1. The molecule has 0 amide bonds. The molecule has 0 aliphatic rings. The Kier molecular flexibility index (Phi) is 7.00. The first-order valence-electron chi connectivity index (χ1n) is 10.4. The highest BCUT2D eigenvalue weighted by atomic mass is 35.5. The topological polar surface area (TPSA) is 98.2 Å². The highest BCUT2D eigenvalue weighted by Crippen LogP contribution is 2.32. The van der Waals surface area contributed by atoms with Crippen molar-refractivity contribution in [2.75, 3.05) is 0 Å². The Bertz CT molecular complexity index is 1370. The Balaban J connectivity index is 1.60. The minimum Gasteiger partial charge on any atom is -0.477 e. The minimum atomic E-state index is -1.10. The van der Waals surface area contributed by atoms with Crippen LogP contribution in [-0.4, -0.2) is 31.6 Å². The SMILES string of the molecule is CCn1c(S/C(=C\c2ccc(-c3ccc(C(C)=O)cc3)o2)C(=O)O)nnc1-c1ccc(Cl)cc1. The summed E-state index contributed by atoms with van der Waals surface area (Å²) in [7, 11) is 0. The number of carbonyl (C=O) groups excluding carboxylic acids is 1. The van der Waals surface area contributed by atoms with Gasteiger partial charge < -0.3 is 14.1 Å². The number of hydrogen-bond acceptors (Lipinski definition) is 6. The fraction of sp³-hybridized carbons (Fsp3) is 0.120. The lowest BCUT2D eigenvalue weighted by molar-refractivity contribution is -0.131. The van der Waals surface area contributed by atoms with E-state index in [-0.39, 0.29) is 10.7 Å². The van der Waals surface area contributed by atoms with Crippen LogP contribution in [0.25, 0.3) is 28.8 Å². The number of thioether (sulfide) groups is 1. The predicted molar refractivity (Wildman–Crippen MR) is 132 cm³/mol. The van der Waals surface area contributed by atoms with Gasteiger partial charge >= 0.3 is 5.97 Å². The third-order valence-corrected chi connectivity index (χ3v) is 6.27. The molecule has 2 aromatic carbocycles. The van der Waals surface area contributed by atoms with Gasteiger partial charge in [-0.3, -0.25) is 4.79 Å². The molecule has 172 valence electrons. The second-order valence-electron chi connectivity index (χ2n) is 7.31. The maximum atomic E-state index is 12.0. The monoisotopic (exact) mass is 493 g/mol. The van der Waals surface area contributed by atoms with E-state index in [1.165, 1.54) is 13.0 Å². The summed E-state index contributed by atoms with van der Waals surface area (Å²) in [5.74, 6) is 0.457. The van der Waals surface area contributed by atoms with Crippen LogP contribution in [-0.2, 0) is 11.3 Å².